The van der Waals surface area contributed by atoms with Crippen molar-refractivity contribution in [1.29, 1.82) is 0 Å². The summed E-state index contributed by atoms with van der Waals surface area (Å²) in [4.78, 5) is 6.19. The Hall–Kier alpha value is -1.46. The van der Waals surface area contributed by atoms with Crippen LogP contribution in [0.25, 0.3) is 0 Å². The Labute approximate surface area is 117 Å². The second kappa shape index (κ2) is 5.89. The van der Waals surface area contributed by atoms with E-state index >= 15 is 0 Å². The van der Waals surface area contributed by atoms with Crippen molar-refractivity contribution in [3.63, 3.8) is 0 Å². The molecule has 6 heteroatoms. The van der Waals surface area contributed by atoms with Crippen LogP contribution in [0.4, 0.5) is 24.8 Å². The number of rotatable bonds is 5. The zero-order chi connectivity index (χ0) is 14.8. The first-order valence-electron chi connectivity index (χ1n) is 6.96. The van der Waals surface area contributed by atoms with E-state index in [-0.39, 0.29) is 5.82 Å². The number of nitrogens with one attached hydrogen (secondary N) is 1. The van der Waals surface area contributed by atoms with Crippen LogP contribution in [0.1, 0.15) is 31.7 Å². The van der Waals surface area contributed by atoms with Crippen molar-refractivity contribution < 1.29 is 13.2 Å². The van der Waals surface area contributed by atoms with Gasteiger partial charge in [-0.25, -0.2) is 4.98 Å². The summed E-state index contributed by atoms with van der Waals surface area (Å²) in [6.07, 6.45) is -0.804. The van der Waals surface area contributed by atoms with Gasteiger partial charge in [0, 0.05) is 20.1 Å². The number of alkyl halides is 3. The summed E-state index contributed by atoms with van der Waals surface area (Å²) in [5, 5.41) is 2.70. The third-order valence-electron chi connectivity index (χ3n) is 3.80. The van der Waals surface area contributed by atoms with Crippen LogP contribution in [0.2, 0.25) is 0 Å². The molecule has 20 heavy (non-hydrogen) atoms. The van der Waals surface area contributed by atoms with Gasteiger partial charge in [-0.05, 0) is 37.8 Å². The Bertz CT molecular complexity index is 455. The minimum Gasteiger partial charge on any atom is -0.373 e. The molecule has 0 bridgehead atoms. The summed E-state index contributed by atoms with van der Waals surface area (Å²) in [5.41, 5.74) is -0.654. The van der Waals surface area contributed by atoms with Gasteiger partial charge in [-0.3, -0.25) is 0 Å². The van der Waals surface area contributed by atoms with E-state index in [0.717, 1.165) is 31.5 Å². The van der Waals surface area contributed by atoms with Crippen molar-refractivity contribution in [3.8, 4) is 0 Å². The zero-order valence-electron chi connectivity index (χ0n) is 11.8. The Morgan fingerprint density at radius 1 is 1.35 bits per heavy atom. The molecule has 0 amide bonds. The summed E-state index contributed by atoms with van der Waals surface area (Å²) >= 11 is 0. The summed E-state index contributed by atoms with van der Waals surface area (Å²) < 4.78 is 38.8. The van der Waals surface area contributed by atoms with Gasteiger partial charge in [0.05, 0.1) is 5.56 Å². The van der Waals surface area contributed by atoms with Crippen LogP contribution in [-0.4, -0.2) is 25.1 Å². The first kappa shape index (κ1) is 14.9. The molecule has 2 rings (SSSR count). The van der Waals surface area contributed by atoms with E-state index in [1.54, 1.807) is 7.05 Å². The number of anilines is 2. The van der Waals surface area contributed by atoms with Crippen molar-refractivity contribution in [2.24, 2.45) is 5.92 Å². The molecule has 1 aromatic heterocycles. The predicted molar refractivity (Wildman–Crippen MR) is 74.0 cm³/mol. The number of nitrogens with zero attached hydrogens (tertiary/aromatic N) is 2. The number of hydrogen-bond donors (Lipinski definition) is 1. The van der Waals surface area contributed by atoms with E-state index in [0.29, 0.717) is 18.3 Å². The molecule has 1 aliphatic carbocycles. The molecule has 1 aromatic rings. The summed E-state index contributed by atoms with van der Waals surface area (Å²) in [6, 6.07) is 2.18. The number of pyridine rings is 1. The molecule has 1 fully saturated rings. The van der Waals surface area contributed by atoms with Crippen LogP contribution in [-0.2, 0) is 6.18 Å². The molecule has 0 unspecified atom stereocenters. The van der Waals surface area contributed by atoms with E-state index < -0.39 is 11.7 Å². The SMILES string of the molecule is CCN(CC1CCC1)c1cc(C(F)(F)F)cc(NC)n1. The van der Waals surface area contributed by atoms with Crippen molar-refractivity contribution in [2.45, 2.75) is 32.4 Å². The van der Waals surface area contributed by atoms with Crippen LogP contribution in [0.5, 0.6) is 0 Å². The van der Waals surface area contributed by atoms with Gasteiger partial charge in [-0.1, -0.05) is 6.42 Å². The molecular formula is C14H20F3N3. The fraction of sp³-hybridized carbons (Fsp3) is 0.643. The van der Waals surface area contributed by atoms with Gasteiger partial charge in [0.2, 0.25) is 0 Å². The molecular weight excluding hydrogens is 267 g/mol. The molecule has 0 aromatic carbocycles. The fourth-order valence-corrected chi connectivity index (χ4v) is 2.34. The number of hydrogen-bond acceptors (Lipinski definition) is 3. The van der Waals surface area contributed by atoms with Gasteiger partial charge in [0.15, 0.2) is 0 Å². The van der Waals surface area contributed by atoms with E-state index in [1.807, 2.05) is 11.8 Å². The molecule has 112 valence electrons. The average Bonchev–Trinajstić information content (AvgIpc) is 2.36. The highest BCUT2D eigenvalue weighted by Gasteiger charge is 2.32. The smallest absolute Gasteiger partial charge is 0.373 e. The van der Waals surface area contributed by atoms with Crippen molar-refractivity contribution in [3.05, 3.63) is 17.7 Å². The second-order valence-corrected chi connectivity index (χ2v) is 5.18. The van der Waals surface area contributed by atoms with E-state index in [9.17, 15) is 13.2 Å². The molecule has 0 radical (unpaired) electrons. The van der Waals surface area contributed by atoms with Crippen LogP contribution in [0.3, 0.4) is 0 Å². The Morgan fingerprint density at radius 2 is 2.05 bits per heavy atom. The monoisotopic (exact) mass is 287 g/mol. The normalized spacial score (nSPS) is 15.8. The molecule has 0 saturated heterocycles. The molecule has 1 saturated carbocycles. The molecule has 3 nitrogen and oxygen atoms in total. The summed E-state index contributed by atoms with van der Waals surface area (Å²) in [6.45, 7) is 3.39. The summed E-state index contributed by atoms with van der Waals surface area (Å²) in [7, 11) is 1.58. The number of aromatic nitrogens is 1. The van der Waals surface area contributed by atoms with Gasteiger partial charge >= 0.3 is 6.18 Å². The molecule has 1 aliphatic rings. The van der Waals surface area contributed by atoms with E-state index in [1.165, 1.54) is 6.42 Å². The molecule has 1 N–H and O–H groups in total. The maximum Gasteiger partial charge on any atom is 0.416 e. The predicted octanol–water partition coefficient (Wildman–Crippen LogP) is 3.77. The number of halogens is 3. The van der Waals surface area contributed by atoms with Gasteiger partial charge < -0.3 is 10.2 Å². The first-order chi connectivity index (χ1) is 9.44. The maximum absolute atomic E-state index is 12.9. The largest absolute Gasteiger partial charge is 0.416 e. The third-order valence-corrected chi connectivity index (χ3v) is 3.80. The molecule has 1 heterocycles. The van der Waals surface area contributed by atoms with Crippen LogP contribution in [0.15, 0.2) is 12.1 Å². The minimum absolute atomic E-state index is 0.252. The lowest BCUT2D eigenvalue weighted by atomic mass is 9.85. The molecule has 0 aliphatic heterocycles. The summed E-state index contributed by atoms with van der Waals surface area (Å²) in [5.74, 6) is 1.24. The first-order valence-corrected chi connectivity index (χ1v) is 6.96. The van der Waals surface area contributed by atoms with Crippen LogP contribution in [0, 0.1) is 5.92 Å². The highest BCUT2D eigenvalue weighted by Crippen LogP contribution is 2.34. The lowest BCUT2D eigenvalue weighted by molar-refractivity contribution is -0.137. The van der Waals surface area contributed by atoms with Gasteiger partial charge in [-0.15, -0.1) is 0 Å². The van der Waals surface area contributed by atoms with Gasteiger partial charge in [0.1, 0.15) is 11.6 Å². The topological polar surface area (TPSA) is 28.2 Å². The average molecular weight is 287 g/mol. The molecule has 0 spiro atoms. The Kier molecular flexibility index (Phi) is 4.40. The maximum atomic E-state index is 12.9. The second-order valence-electron chi connectivity index (χ2n) is 5.18. The van der Waals surface area contributed by atoms with Crippen LogP contribution >= 0.6 is 0 Å². The van der Waals surface area contributed by atoms with Crippen molar-refractivity contribution >= 4 is 11.6 Å². The molecule has 0 atom stereocenters. The van der Waals surface area contributed by atoms with Crippen molar-refractivity contribution in [1.82, 2.24) is 4.98 Å². The quantitative estimate of drug-likeness (QED) is 0.893. The lowest BCUT2D eigenvalue weighted by Crippen LogP contribution is -2.33. The third kappa shape index (κ3) is 3.35. The minimum atomic E-state index is -4.35. The van der Waals surface area contributed by atoms with Crippen LogP contribution < -0.4 is 10.2 Å². The highest BCUT2D eigenvalue weighted by atomic mass is 19.4. The van der Waals surface area contributed by atoms with E-state index in [2.05, 4.69) is 10.3 Å². The fourth-order valence-electron chi connectivity index (χ4n) is 2.34. The van der Waals surface area contributed by atoms with Gasteiger partial charge in [-0.2, -0.15) is 13.2 Å². The van der Waals surface area contributed by atoms with Gasteiger partial charge in [0.25, 0.3) is 0 Å². The Morgan fingerprint density at radius 3 is 2.50 bits per heavy atom. The van der Waals surface area contributed by atoms with Crippen molar-refractivity contribution in [2.75, 3.05) is 30.4 Å². The standard InChI is InChI=1S/C14H20F3N3/c1-3-20(9-10-5-4-6-10)13-8-11(14(15,16)17)7-12(18-2)19-13/h7-8,10H,3-6,9H2,1-2H3,(H,18,19). The lowest BCUT2D eigenvalue weighted by Gasteiger charge is -2.32. The Balaban J connectivity index is 2.27. The highest BCUT2D eigenvalue weighted by molar-refractivity contribution is 5.51. The van der Waals surface area contributed by atoms with E-state index in [4.69, 9.17) is 0 Å². The zero-order valence-corrected chi connectivity index (χ0v) is 11.8.